The van der Waals surface area contributed by atoms with Gasteiger partial charge in [0, 0.05) is 38.8 Å². The Balaban J connectivity index is 3.25. The van der Waals surface area contributed by atoms with E-state index in [0.29, 0.717) is 38.6 Å². The number of rotatable bonds is 9. The maximum absolute atomic E-state index is 11.8. The summed E-state index contributed by atoms with van der Waals surface area (Å²) in [7, 11) is 0. The summed E-state index contributed by atoms with van der Waals surface area (Å²) < 4.78 is 0. The van der Waals surface area contributed by atoms with Crippen molar-refractivity contribution in [1.29, 1.82) is 0 Å². The zero-order valence-electron chi connectivity index (χ0n) is 18.2. The molecule has 1 fully saturated rings. The van der Waals surface area contributed by atoms with E-state index in [9.17, 15) is 29.7 Å². The van der Waals surface area contributed by atoms with Crippen LogP contribution in [-0.4, -0.2) is 105 Å². The first-order valence-corrected chi connectivity index (χ1v) is 10.4. The number of carbonyl (C=O) groups is 3. The molecule has 9 heteroatoms. The normalized spacial score (nSPS) is 23.6. The Morgan fingerprint density at radius 2 is 1.21 bits per heavy atom. The summed E-state index contributed by atoms with van der Waals surface area (Å²) in [5.41, 5.74) is 0. The van der Waals surface area contributed by atoms with Gasteiger partial charge in [-0.25, -0.2) is 0 Å². The van der Waals surface area contributed by atoms with Crippen LogP contribution < -0.4 is 0 Å². The monoisotopic (exact) mass is 415 g/mol. The van der Waals surface area contributed by atoms with Crippen LogP contribution in [0, 0.1) is 5.92 Å². The molecule has 0 radical (unpaired) electrons. The Morgan fingerprint density at radius 1 is 0.759 bits per heavy atom. The summed E-state index contributed by atoms with van der Waals surface area (Å²) in [5.74, 6) is -2.38. The van der Waals surface area contributed by atoms with Gasteiger partial charge < -0.3 is 15.3 Å². The topological polar surface area (TPSA) is 122 Å². The molecule has 0 spiro atoms. The van der Waals surface area contributed by atoms with Crippen molar-refractivity contribution in [2.75, 3.05) is 32.7 Å². The van der Waals surface area contributed by atoms with Gasteiger partial charge in [-0.15, -0.1) is 0 Å². The van der Waals surface area contributed by atoms with Crippen LogP contribution in [0.25, 0.3) is 0 Å². The van der Waals surface area contributed by atoms with Crippen molar-refractivity contribution in [1.82, 2.24) is 14.7 Å². The summed E-state index contributed by atoms with van der Waals surface area (Å²) in [5, 5.41) is 28.6. The molecule has 168 valence electrons. The summed E-state index contributed by atoms with van der Waals surface area (Å²) in [6.45, 7) is 11.2. The van der Waals surface area contributed by atoms with Crippen LogP contribution in [0.3, 0.4) is 0 Å². The van der Waals surface area contributed by atoms with Gasteiger partial charge >= 0.3 is 17.9 Å². The van der Waals surface area contributed by atoms with Gasteiger partial charge in [-0.05, 0) is 39.5 Å². The van der Waals surface area contributed by atoms with E-state index in [1.54, 1.807) is 25.7 Å². The third-order valence-electron chi connectivity index (χ3n) is 5.98. The van der Waals surface area contributed by atoms with Crippen molar-refractivity contribution < 1.29 is 29.7 Å². The molecule has 29 heavy (non-hydrogen) atoms. The molecular formula is C20H37N3O6. The van der Waals surface area contributed by atoms with E-state index in [-0.39, 0.29) is 6.04 Å². The highest BCUT2D eigenvalue weighted by Gasteiger charge is 2.34. The molecule has 1 heterocycles. The lowest BCUT2D eigenvalue weighted by atomic mass is 10.00. The second kappa shape index (κ2) is 11.5. The molecule has 0 aliphatic carbocycles. The summed E-state index contributed by atoms with van der Waals surface area (Å²) in [6.07, 6.45) is 1.66. The molecule has 1 saturated heterocycles. The average Bonchev–Trinajstić information content (AvgIpc) is 2.72. The average molecular weight is 416 g/mol. The molecule has 0 saturated carbocycles. The molecule has 9 nitrogen and oxygen atoms in total. The zero-order valence-corrected chi connectivity index (χ0v) is 18.2. The molecule has 0 aromatic rings. The first-order valence-electron chi connectivity index (χ1n) is 10.4. The molecule has 1 rings (SSSR count). The molecule has 0 aromatic carbocycles. The Labute approximate surface area is 173 Å². The molecular weight excluding hydrogens is 378 g/mol. The Hall–Kier alpha value is -1.71. The maximum atomic E-state index is 11.8. The molecule has 4 atom stereocenters. The van der Waals surface area contributed by atoms with Crippen LogP contribution in [0.2, 0.25) is 0 Å². The van der Waals surface area contributed by atoms with Crippen LogP contribution in [-0.2, 0) is 14.4 Å². The Bertz CT molecular complexity index is 570. The highest BCUT2D eigenvalue weighted by atomic mass is 16.4. The number of hydrogen-bond acceptors (Lipinski definition) is 6. The molecule has 1 aliphatic heterocycles. The van der Waals surface area contributed by atoms with Crippen LogP contribution in [0.15, 0.2) is 0 Å². The third kappa shape index (κ3) is 7.56. The predicted molar refractivity (Wildman–Crippen MR) is 109 cm³/mol. The number of nitrogens with zero attached hydrogens (tertiary/aromatic N) is 3. The minimum atomic E-state index is -0.948. The summed E-state index contributed by atoms with van der Waals surface area (Å²) >= 11 is 0. The second-order valence-electron chi connectivity index (χ2n) is 8.44. The van der Waals surface area contributed by atoms with Gasteiger partial charge in [0.25, 0.3) is 0 Å². The van der Waals surface area contributed by atoms with E-state index in [4.69, 9.17) is 0 Å². The number of aliphatic carboxylic acids is 3. The van der Waals surface area contributed by atoms with Crippen LogP contribution in [0.1, 0.15) is 47.5 Å². The lowest BCUT2D eigenvalue weighted by Crippen LogP contribution is -2.53. The lowest BCUT2D eigenvalue weighted by molar-refractivity contribution is -0.146. The van der Waals surface area contributed by atoms with Gasteiger partial charge in [0.1, 0.15) is 18.1 Å². The number of hydrogen-bond donors (Lipinski definition) is 3. The fourth-order valence-electron chi connectivity index (χ4n) is 3.75. The van der Waals surface area contributed by atoms with E-state index >= 15 is 0 Å². The lowest BCUT2D eigenvalue weighted by Gasteiger charge is -2.38. The molecule has 0 amide bonds. The second-order valence-corrected chi connectivity index (χ2v) is 8.44. The SMILES string of the molecule is CC(C)CCC1CN(C(C)C(=O)O)CCN(C(C)C(=O)O)CCN1C(C)C(=O)O. The minimum Gasteiger partial charge on any atom is -0.480 e. The highest BCUT2D eigenvalue weighted by Crippen LogP contribution is 2.20. The van der Waals surface area contributed by atoms with Crippen molar-refractivity contribution in [2.24, 2.45) is 5.92 Å². The van der Waals surface area contributed by atoms with Gasteiger partial charge in [0.2, 0.25) is 0 Å². The van der Waals surface area contributed by atoms with Crippen molar-refractivity contribution in [3.8, 4) is 0 Å². The molecule has 0 bridgehead atoms. The molecule has 0 aromatic heterocycles. The largest absolute Gasteiger partial charge is 0.480 e. The van der Waals surface area contributed by atoms with Gasteiger partial charge in [-0.2, -0.15) is 0 Å². The van der Waals surface area contributed by atoms with Gasteiger partial charge in [0.15, 0.2) is 0 Å². The van der Waals surface area contributed by atoms with Gasteiger partial charge in [0.05, 0.1) is 0 Å². The minimum absolute atomic E-state index is 0.120. The Kier molecular flexibility index (Phi) is 10.0. The highest BCUT2D eigenvalue weighted by molar-refractivity contribution is 5.74. The fourth-order valence-corrected chi connectivity index (χ4v) is 3.75. The fraction of sp³-hybridized carbons (Fsp3) is 0.850. The number of carboxylic acid groups (broad SMARTS) is 3. The number of carboxylic acids is 3. The maximum Gasteiger partial charge on any atom is 0.320 e. The van der Waals surface area contributed by atoms with Crippen LogP contribution in [0.5, 0.6) is 0 Å². The zero-order chi connectivity index (χ0) is 22.3. The van der Waals surface area contributed by atoms with Crippen LogP contribution >= 0.6 is 0 Å². The third-order valence-corrected chi connectivity index (χ3v) is 5.98. The molecule has 4 unspecified atom stereocenters. The van der Waals surface area contributed by atoms with Crippen molar-refractivity contribution in [3.63, 3.8) is 0 Å². The van der Waals surface area contributed by atoms with E-state index < -0.39 is 36.0 Å². The van der Waals surface area contributed by atoms with Crippen molar-refractivity contribution >= 4 is 17.9 Å². The summed E-state index contributed by atoms with van der Waals surface area (Å²) in [6, 6.07) is -2.33. The van der Waals surface area contributed by atoms with E-state index in [0.717, 1.165) is 12.8 Å². The predicted octanol–water partition coefficient (Wildman–Crippen LogP) is 1.13. The molecule has 1 aliphatic rings. The first kappa shape index (κ1) is 25.3. The van der Waals surface area contributed by atoms with E-state index in [1.165, 1.54) is 0 Å². The van der Waals surface area contributed by atoms with E-state index in [1.807, 2.05) is 9.80 Å². The van der Waals surface area contributed by atoms with Crippen molar-refractivity contribution in [2.45, 2.75) is 71.6 Å². The standard InChI is InChI=1S/C20H37N3O6/c1-13(2)6-7-17-12-22(15(4)19(26)27)9-8-21(14(3)18(24)25)10-11-23(17)16(5)20(28)29/h13-17H,6-12H2,1-5H3,(H,24,25)(H,26,27)(H,28,29). The smallest absolute Gasteiger partial charge is 0.320 e. The Morgan fingerprint density at radius 3 is 1.69 bits per heavy atom. The van der Waals surface area contributed by atoms with E-state index in [2.05, 4.69) is 13.8 Å². The van der Waals surface area contributed by atoms with Gasteiger partial charge in [-0.1, -0.05) is 13.8 Å². The van der Waals surface area contributed by atoms with Crippen LogP contribution in [0.4, 0.5) is 0 Å². The van der Waals surface area contributed by atoms with Gasteiger partial charge in [-0.3, -0.25) is 29.1 Å². The summed E-state index contributed by atoms with van der Waals surface area (Å²) in [4.78, 5) is 40.4. The van der Waals surface area contributed by atoms with Crippen molar-refractivity contribution in [3.05, 3.63) is 0 Å². The molecule has 3 N–H and O–H groups in total. The quantitative estimate of drug-likeness (QED) is 0.509. The first-order chi connectivity index (χ1) is 13.5.